The van der Waals surface area contributed by atoms with Gasteiger partial charge in [0.05, 0.1) is 29.7 Å². The lowest BCUT2D eigenvalue weighted by molar-refractivity contribution is -0.138. The summed E-state index contributed by atoms with van der Waals surface area (Å²) in [6.07, 6.45) is -3.34. The predicted molar refractivity (Wildman–Crippen MR) is 101 cm³/mol. The minimum absolute atomic E-state index is 0.0608. The molecule has 1 fully saturated rings. The molecule has 3 rings (SSSR count). The summed E-state index contributed by atoms with van der Waals surface area (Å²) in [6.45, 7) is 0.412. The van der Waals surface area contributed by atoms with E-state index in [4.69, 9.17) is 22.7 Å². The lowest BCUT2D eigenvalue weighted by Gasteiger charge is -2.31. The first-order valence-electron chi connectivity index (χ1n) is 8.47. The van der Waals surface area contributed by atoms with Crippen LogP contribution in [0.1, 0.15) is 17.5 Å². The number of alkyl halides is 3. The lowest BCUT2D eigenvalue weighted by atomic mass is 9.94. The Balaban J connectivity index is 1.84. The van der Waals surface area contributed by atoms with E-state index in [1.54, 1.807) is 4.90 Å². The van der Waals surface area contributed by atoms with Crippen LogP contribution in [-0.4, -0.2) is 29.0 Å². The maximum absolute atomic E-state index is 13.3. The number of hydrogen-bond acceptors (Lipinski definition) is 5. The summed E-state index contributed by atoms with van der Waals surface area (Å²) in [7, 11) is 0. The molecule has 1 aliphatic heterocycles. The molecule has 0 spiro atoms. The molecule has 2 aromatic rings. The van der Waals surface area contributed by atoms with Gasteiger partial charge < -0.3 is 16.0 Å². The van der Waals surface area contributed by atoms with Gasteiger partial charge in [-0.3, -0.25) is 4.79 Å². The van der Waals surface area contributed by atoms with Gasteiger partial charge in [0.25, 0.3) is 5.56 Å². The van der Waals surface area contributed by atoms with E-state index >= 15 is 0 Å². The molecule has 4 N–H and O–H groups in total. The van der Waals surface area contributed by atoms with E-state index in [2.05, 4.69) is 10.2 Å². The summed E-state index contributed by atoms with van der Waals surface area (Å²) < 4.78 is 52.8. The number of nitrogens with zero attached hydrogens (tertiary/aromatic N) is 2. The van der Waals surface area contributed by atoms with E-state index < -0.39 is 23.1 Å². The van der Waals surface area contributed by atoms with Gasteiger partial charge in [0.15, 0.2) is 0 Å². The van der Waals surface area contributed by atoms with Crippen molar-refractivity contribution >= 4 is 23.0 Å². The first-order chi connectivity index (χ1) is 13.6. The number of nitrogens with two attached hydrogens (primary N) is 1. The van der Waals surface area contributed by atoms with Crippen LogP contribution in [0.2, 0.25) is 5.02 Å². The van der Waals surface area contributed by atoms with Crippen LogP contribution in [0.3, 0.4) is 0 Å². The van der Waals surface area contributed by atoms with E-state index in [0.717, 1.165) is 12.1 Å². The highest BCUT2D eigenvalue weighted by Gasteiger charge is 2.34. The van der Waals surface area contributed by atoms with Crippen LogP contribution in [0.5, 0.6) is 0 Å². The third kappa shape index (κ3) is 4.42. The molecular formula is C18H16ClF4N5O. The number of allylic oxidation sites excluding steroid dienone is 1. The second-order valence-electron chi connectivity index (χ2n) is 6.53. The molecule has 6 nitrogen and oxygen atoms in total. The summed E-state index contributed by atoms with van der Waals surface area (Å²) in [6, 6.07) is 2.42. The minimum atomic E-state index is -4.72. The molecule has 0 unspecified atom stereocenters. The molecule has 0 radical (unpaired) electrons. The van der Waals surface area contributed by atoms with Crippen LogP contribution in [0.25, 0.3) is 0 Å². The van der Waals surface area contributed by atoms with E-state index in [9.17, 15) is 22.4 Å². The molecule has 154 valence electrons. The highest BCUT2D eigenvalue weighted by Crippen LogP contribution is 2.34. The molecule has 2 heterocycles. The standard InChI is InChI=1S/C18H16ClF4N5O/c19-16-15(7-26-27-17(16)29)28-4-3-11(14(25)8-28)13(24)5-9-1-2-10(20)6-12(9)18(21,22)23/h1-2,6-7,25H,3-5,8,24H2,(H,27,29). The Morgan fingerprint density at radius 1 is 1.38 bits per heavy atom. The largest absolute Gasteiger partial charge is 0.416 e. The second kappa shape index (κ2) is 7.86. The Hall–Kier alpha value is -2.88. The van der Waals surface area contributed by atoms with E-state index in [1.807, 2.05) is 0 Å². The number of halogens is 5. The third-order valence-corrected chi connectivity index (χ3v) is 4.97. The molecule has 1 aliphatic rings. The number of H-pyrrole nitrogens is 1. The molecule has 0 aliphatic carbocycles. The predicted octanol–water partition coefficient (Wildman–Crippen LogP) is 3.27. The number of nitrogens with one attached hydrogen (secondary N) is 2. The Kier molecular flexibility index (Phi) is 5.65. The van der Waals surface area contributed by atoms with Gasteiger partial charge in [-0.25, -0.2) is 9.49 Å². The fourth-order valence-electron chi connectivity index (χ4n) is 3.20. The number of piperidine rings is 1. The molecule has 0 bridgehead atoms. The van der Waals surface area contributed by atoms with Crippen molar-refractivity contribution in [3.63, 3.8) is 0 Å². The highest BCUT2D eigenvalue weighted by molar-refractivity contribution is 6.33. The van der Waals surface area contributed by atoms with Gasteiger partial charge in [-0.15, -0.1) is 0 Å². The number of anilines is 1. The average molecular weight is 430 g/mol. The van der Waals surface area contributed by atoms with Gasteiger partial charge in [0.1, 0.15) is 10.8 Å². The second-order valence-corrected chi connectivity index (χ2v) is 6.91. The van der Waals surface area contributed by atoms with Gasteiger partial charge in [-0.1, -0.05) is 17.7 Å². The Morgan fingerprint density at radius 2 is 2.10 bits per heavy atom. The summed E-state index contributed by atoms with van der Waals surface area (Å²) >= 11 is 5.98. The minimum Gasteiger partial charge on any atom is -0.401 e. The number of aromatic nitrogens is 2. The molecule has 29 heavy (non-hydrogen) atoms. The smallest absolute Gasteiger partial charge is 0.401 e. The van der Waals surface area contributed by atoms with Crippen molar-refractivity contribution in [1.82, 2.24) is 10.2 Å². The van der Waals surface area contributed by atoms with Crippen molar-refractivity contribution in [2.24, 2.45) is 5.73 Å². The van der Waals surface area contributed by atoms with Crippen LogP contribution < -0.4 is 16.2 Å². The van der Waals surface area contributed by atoms with Crippen LogP contribution >= 0.6 is 11.6 Å². The van der Waals surface area contributed by atoms with Gasteiger partial charge in [-0.05, 0) is 29.7 Å². The Labute approximate surface area is 167 Å². The molecule has 11 heteroatoms. The summed E-state index contributed by atoms with van der Waals surface area (Å²) in [5.74, 6) is -0.989. The molecule has 1 aromatic carbocycles. The number of rotatable bonds is 3. The normalized spacial score (nSPS) is 16.9. The fourth-order valence-corrected chi connectivity index (χ4v) is 3.41. The zero-order valence-corrected chi connectivity index (χ0v) is 15.7. The summed E-state index contributed by atoms with van der Waals surface area (Å²) in [5, 5.41) is 14.1. The summed E-state index contributed by atoms with van der Waals surface area (Å²) in [4.78, 5) is 13.3. The lowest BCUT2D eigenvalue weighted by Crippen LogP contribution is -2.39. The number of hydrogen-bond donors (Lipinski definition) is 3. The molecule has 1 aromatic heterocycles. The van der Waals surface area contributed by atoms with Crippen molar-refractivity contribution in [2.75, 3.05) is 18.0 Å². The maximum atomic E-state index is 13.3. The van der Waals surface area contributed by atoms with Gasteiger partial charge in [0.2, 0.25) is 0 Å². The maximum Gasteiger partial charge on any atom is 0.416 e. The van der Waals surface area contributed by atoms with Crippen molar-refractivity contribution in [1.29, 1.82) is 5.41 Å². The number of benzene rings is 1. The highest BCUT2D eigenvalue weighted by atomic mass is 35.5. The van der Waals surface area contributed by atoms with Crippen molar-refractivity contribution in [3.05, 3.63) is 68.0 Å². The van der Waals surface area contributed by atoms with Crippen LogP contribution in [-0.2, 0) is 12.6 Å². The van der Waals surface area contributed by atoms with Crippen molar-refractivity contribution in [2.45, 2.75) is 19.0 Å². The van der Waals surface area contributed by atoms with E-state index in [-0.39, 0.29) is 41.4 Å². The zero-order chi connectivity index (χ0) is 21.3. The van der Waals surface area contributed by atoms with Gasteiger partial charge in [-0.2, -0.15) is 18.3 Å². The molecule has 0 saturated carbocycles. The van der Waals surface area contributed by atoms with Crippen molar-refractivity contribution in [3.8, 4) is 0 Å². The average Bonchev–Trinajstić information content (AvgIpc) is 2.64. The van der Waals surface area contributed by atoms with Crippen LogP contribution in [0, 0.1) is 11.2 Å². The first kappa shape index (κ1) is 20.8. The SMILES string of the molecule is N=C1CN(c2cn[nH]c(=O)c2Cl)CCC1=C(N)Cc1ccc(F)cc1C(F)(F)F. The van der Waals surface area contributed by atoms with Crippen LogP contribution in [0.4, 0.5) is 23.2 Å². The quantitative estimate of drug-likeness (QED) is 0.652. The van der Waals surface area contributed by atoms with E-state index in [0.29, 0.717) is 23.9 Å². The summed E-state index contributed by atoms with van der Waals surface area (Å²) in [5.41, 5.74) is 5.20. The Morgan fingerprint density at radius 3 is 2.76 bits per heavy atom. The van der Waals surface area contributed by atoms with Gasteiger partial charge >= 0.3 is 6.18 Å². The zero-order valence-electron chi connectivity index (χ0n) is 14.9. The Bertz CT molecular complexity index is 1050. The topological polar surface area (TPSA) is 98.9 Å². The fraction of sp³-hybridized carbons (Fsp3) is 0.278. The van der Waals surface area contributed by atoms with E-state index in [1.165, 1.54) is 6.20 Å². The van der Waals surface area contributed by atoms with Gasteiger partial charge in [0, 0.05) is 18.7 Å². The molecule has 1 saturated heterocycles. The molecule has 0 amide bonds. The first-order valence-corrected chi connectivity index (χ1v) is 8.84. The number of aromatic amines is 1. The third-order valence-electron chi connectivity index (χ3n) is 4.61. The molecule has 0 atom stereocenters. The monoisotopic (exact) mass is 429 g/mol. The molecular weight excluding hydrogens is 414 g/mol. The van der Waals surface area contributed by atoms with Crippen LogP contribution in [0.15, 0.2) is 40.5 Å². The van der Waals surface area contributed by atoms with Crippen molar-refractivity contribution < 1.29 is 17.6 Å².